The lowest BCUT2D eigenvalue weighted by Gasteiger charge is -2.14. The van der Waals surface area contributed by atoms with Gasteiger partial charge in [0.25, 0.3) is 0 Å². The van der Waals surface area contributed by atoms with Gasteiger partial charge in [0.1, 0.15) is 0 Å². The molecule has 0 aliphatic rings. The molecular weight excluding hydrogens is 246 g/mol. The highest BCUT2D eigenvalue weighted by Gasteiger charge is 2.09. The topological polar surface area (TPSA) is 20.3 Å². The van der Waals surface area contributed by atoms with Gasteiger partial charge in [0, 0.05) is 12.0 Å². The van der Waals surface area contributed by atoms with E-state index in [1.165, 1.54) is 17.5 Å². The van der Waals surface area contributed by atoms with Crippen LogP contribution < -0.4 is 0 Å². The average Bonchev–Trinajstić information content (AvgIpc) is 2.46. The molecule has 1 aromatic carbocycles. The summed E-state index contributed by atoms with van der Waals surface area (Å²) in [6.45, 7) is 8.62. The van der Waals surface area contributed by atoms with E-state index >= 15 is 0 Å². The standard InChI is InChI=1S/C18H29NO/c1-5-12-19(4)13-8-9-18(20)17-11-10-15(6-2)16(7-3)14-17/h10-11,14H,5-9,12-13H2,1-4H3. The van der Waals surface area contributed by atoms with Crippen LogP contribution in [0.3, 0.4) is 0 Å². The summed E-state index contributed by atoms with van der Waals surface area (Å²) >= 11 is 0. The largest absolute Gasteiger partial charge is 0.306 e. The van der Waals surface area contributed by atoms with Gasteiger partial charge in [0.2, 0.25) is 0 Å². The maximum absolute atomic E-state index is 12.2. The average molecular weight is 275 g/mol. The third-order valence-electron chi connectivity index (χ3n) is 3.84. The van der Waals surface area contributed by atoms with Crippen molar-refractivity contribution in [3.63, 3.8) is 0 Å². The number of rotatable bonds is 9. The van der Waals surface area contributed by atoms with Crippen LogP contribution in [0.15, 0.2) is 18.2 Å². The molecule has 0 heterocycles. The van der Waals surface area contributed by atoms with Gasteiger partial charge < -0.3 is 4.90 Å². The molecule has 0 aliphatic heterocycles. The summed E-state index contributed by atoms with van der Waals surface area (Å²) < 4.78 is 0. The summed E-state index contributed by atoms with van der Waals surface area (Å²) in [5.41, 5.74) is 3.57. The van der Waals surface area contributed by atoms with E-state index in [2.05, 4.69) is 44.9 Å². The molecule has 0 atom stereocenters. The number of hydrogen-bond acceptors (Lipinski definition) is 2. The third-order valence-corrected chi connectivity index (χ3v) is 3.84. The van der Waals surface area contributed by atoms with E-state index in [-0.39, 0.29) is 5.78 Å². The summed E-state index contributed by atoms with van der Waals surface area (Å²) in [5.74, 6) is 0.284. The maximum atomic E-state index is 12.2. The Morgan fingerprint density at radius 3 is 2.35 bits per heavy atom. The Hall–Kier alpha value is -1.15. The molecule has 0 amide bonds. The van der Waals surface area contributed by atoms with E-state index in [4.69, 9.17) is 0 Å². The number of benzene rings is 1. The Bertz CT molecular complexity index is 425. The van der Waals surface area contributed by atoms with E-state index in [0.717, 1.165) is 37.9 Å². The van der Waals surface area contributed by atoms with Crippen molar-refractivity contribution in [1.29, 1.82) is 0 Å². The molecule has 0 saturated carbocycles. The zero-order valence-corrected chi connectivity index (χ0v) is 13.5. The predicted octanol–water partition coefficient (Wildman–Crippen LogP) is 4.12. The highest BCUT2D eigenvalue weighted by Crippen LogP contribution is 2.15. The van der Waals surface area contributed by atoms with Gasteiger partial charge in [-0.3, -0.25) is 4.79 Å². The van der Waals surface area contributed by atoms with Crippen LogP contribution in [0.1, 0.15) is 61.5 Å². The lowest BCUT2D eigenvalue weighted by atomic mass is 9.97. The molecule has 0 unspecified atom stereocenters. The van der Waals surface area contributed by atoms with Crippen LogP contribution in [0.4, 0.5) is 0 Å². The second-order valence-electron chi connectivity index (χ2n) is 5.52. The molecule has 0 radical (unpaired) electrons. The smallest absolute Gasteiger partial charge is 0.162 e. The molecular formula is C18H29NO. The summed E-state index contributed by atoms with van der Waals surface area (Å²) in [7, 11) is 2.12. The van der Waals surface area contributed by atoms with Gasteiger partial charge in [-0.15, -0.1) is 0 Å². The highest BCUT2D eigenvalue weighted by molar-refractivity contribution is 5.96. The predicted molar refractivity (Wildman–Crippen MR) is 86.6 cm³/mol. The van der Waals surface area contributed by atoms with Gasteiger partial charge in [-0.05, 0) is 63.0 Å². The summed E-state index contributed by atoms with van der Waals surface area (Å²) in [6.07, 6.45) is 4.82. The zero-order valence-electron chi connectivity index (χ0n) is 13.5. The fourth-order valence-electron chi connectivity index (χ4n) is 2.62. The minimum atomic E-state index is 0.284. The zero-order chi connectivity index (χ0) is 15.0. The number of carbonyl (C=O) groups is 1. The molecule has 0 N–H and O–H groups in total. The van der Waals surface area contributed by atoms with Crippen molar-refractivity contribution in [2.24, 2.45) is 0 Å². The fourth-order valence-corrected chi connectivity index (χ4v) is 2.62. The van der Waals surface area contributed by atoms with Gasteiger partial charge in [0.05, 0.1) is 0 Å². The van der Waals surface area contributed by atoms with Crippen LogP contribution in [-0.2, 0) is 12.8 Å². The lowest BCUT2D eigenvalue weighted by molar-refractivity contribution is 0.0976. The van der Waals surface area contributed by atoms with E-state index in [0.29, 0.717) is 6.42 Å². The molecule has 0 saturated heterocycles. The number of nitrogens with zero attached hydrogens (tertiary/aromatic N) is 1. The van der Waals surface area contributed by atoms with Crippen LogP contribution in [-0.4, -0.2) is 30.8 Å². The first-order valence-electron chi connectivity index (χ1n) is 7.95. The Morgan fingerprint density at radius 2 is 1.75 bits per heavy atom. The van der Waals surface area contributed by atoms with Gasteiger partial charge in [-0.1, -0.05) is 32.9 Å². The quantitative estimate of drug-likeness (QED) is 0.632. The van der Waals surface area contributed by atoms with Gasteiger partial charge >= 0.3 is 0 Å². The second kappa shape index (κ2) is 8.91. The lowest BCUT2D eigenvalue weighted by Crippen LogP contribution is -2.21. The fraction of sp³-hybridized carbons (Fsp3) is 0.611. The first-order valence-corrected chi connectivity index (χ1v) is 7.95. The molecule has 0 aliphatic carbocycles. The van der Waals surface area contributed by atoms with Crippen molar-refractivity contribution < 1.29 is 4.79 Å². The number of aryl methyl sites for hydroxylation is 2. The Kier molecular flexibility index (Phi) is 7.53. The van der Waals surface area contributed by atoms with Crippen LogP contribution in [0, 0.1) is 0 Å². The van der Waals surface area contributed by atoms with Crippen molar-refractivity contribution in [3.05, 3.63) is 34.9 Å². The molecule has 0 spiro atoms. The summed E-state index contributed by atoms with van der Waals surface area (Å²) in [4.78, 5) is 14.5. The summed E-state index contributed by atoms with van der Waals surface area (Å²) in [6, 6.07) is 6.21. The van der Waals surface area contributed by atoms with Crippen molar-refractivity contribution in [2.45, 2.75) is 52.9 Å². The van der Waals surface area contributed by atoms with Crippen molar-refractivity contribution in [2.75, 3.05) is 20.1 Å². The minimum absolute atomic E-state index is 0.284. The second-order valence-corrected chi connectivity index (χ2v) is 5.52. The first kappa shape index (κ1) is 16.9. The van der Waals surface area contributed by atoms with E-state index in [1.807, 2.05) is 6.07 Å². The van der Waals surface area contributed by atoms with Crippen LogP contribution in [0.2, 0.25) is 0 Å². The Labute approximate surface area is 124 Å². The maximum Gasteiger partial charge on any atom is 0.162 e. The van der Waals surface area contributed by atoms with Crippen LogP contribution in [0.5, 0.6) is 0 Å². The Morgan fingerprint density at radius 1 is 1.05 bits per heavy atom. The molecule has 20 heavy (non-hydrogen) atoms. The number of ketones is 1. The van der Waals surface area contributed by atoms with E-state index < -0.39 is 0 Å². The Balaban J connectivity index is 2.55. The normalized spacial score (nSPS) is 11.1. The molecule has 0 aromatic heterocycles. The molecule has 1 rings (SSSR count). The monoisotopic (exact) mass is 275 g/mol. The van der Waals surface area contributed by atoms with Crippen LogP contribution in [0.25, 0.3) is 0 Å². The molecule has 0 fully saturated rings. The van der Waals surface area contributed by atoms with E-state index in [9.17, 15) is 4.79 Å². The third kappa shape index (κ3) is 5.09. The molecule has 1 aromatic rings. The highest BCUT2D eigenvalue weighted by atomic mass is 16.1. The van der Waals surface area contributed by atoms with Crippen molar-refractivity contribution >= 4 is 5.78 Å². The van der Waals surface area contributed by atoms with Crippen LogP contribution >= 0.6 is 0 Å². The minimum Gasteiger partial charge on any atom is -0.306 e. The molecule has 2 heteroatoms. The van der Waals surface area contributed by atoms with Crippen molar-refractivity contribution in [1.82, 2.24) is 4.90 Å². The van der Waals surface area contributed by atoms with Gasteiger partial charge in [-0.2, -0.15) is 0 Å². The van der Waals surface area contributed by atoms with Gasteiger partial charge in [0.15, 0.2) is 5.78 Å². The number of Topliss-reactive ketones (excluding diaryl/α,β-unsaturated/α-hetero) is 1. The number of carbonyl (C=O) groups excluding carboxylic acids is 1. The molecule has 0 bridgehead atoms. The molecule has 2 nitrogen and oxygen atoms in total. The molecule has 112 valence electrons. The van der Waals surface area contributed by atoms with E-state index in [1.54, 1.807) is 0 Å². The first-order chi connectivity index (χ1) is 9.62. The number of hydrogen-bond donors (Lipinski definition) is 0. The SMILES string of the molecule is CCCN(C)CCCC(=O)c1ccc(CC)c(CC)c1. The summed E-state index contributed by atoms with van der Waals surface area (Å²) in [5, 5.41) is 0. The van der Waals surface area contributed by atoms with Crippen molar-refractivity contribution in [3.8, 4) is 0 Å². The van der Waals surface area contributed by atoms with Gasteiger partial charge in [-0.25, -0.2) is 0 Å².